The molecular weight excluding hydrogens is 352 g/mol. The number of hydrazone groups is 1. The molecular formula is C23H30N2O3. The van der Waals surface area contributed by atoms with Crippen LogP contribution in [0.4, 0.5) is 0 Å². The van der Waals surface area contributed by atoms with Crippen molar-refractivity contribution in [2.45, 2.75) is 45.1 Å². The Labute approximate surface area is 167 Å². The lowest BCUT2D eigenvalue weighted by Gasteiger charge is -2.13. The Morgan fingerprint density at radius 2 is 1.75 bits per heavy atom. The van der Waals surface area contributed by atoms with Crippen molar-refractivity contribution in [3.8, 4) is 5.75 Å². The fourth-order valence-electron chi connectivity index (χ4n) is 2.85. The predicted molar refractivity (Wildman–Crippen MR) is 113 cm³/mol. The third kappa shape index (κ3) is 7.16. The molecule has 0 aliphatic heterocycles. The quantitative estimate of drug-likeness (QED) is 0.323. The zero-order valence-electron chi connectivity index (χ0n) is 16.8. The number of para-hydroxylation sites is 1. The second-order valence-corrected chi connectivity index (χ2v) is 6.56. The summed E-state index contributed by atoms with van der Waals surface area (Å²) >= 11 is 0. The molecule has 5 heteroatoms. The standard InChI is InChI=1S/C23H30N2O3/c1-3-4-5-6-12-17-28-21-16-11-10-15-20(21)18-24-25-23(26)22(27-2)19-13-8-7-9-14-19/h7-11,13-16,18,22H,3-6,12,17H2,1-2H3,(H,25,26)/b24-18+. The molecule has 0 fully saturated rings. The van der Waals surface area contributed by atoms with Crippen molar-refractivity contribution in [3.63, 3.8) is 0 Å². The zero-order chi connectivity index (χ0) is 20.0. The van der Waals surface area contributed by atoms with E-state index in [0.29, 0.717) is 6.61 Å². The van der Waals surface area contributed by atoms with E-state index in [4.69, 9.17) is 9.47 Å². The van der Waals surface area contributed by atoms with Gasteiger partial charge in [0.2, 0.25) is 0 Å². The van der Waals surface area contributed by atoms with Gasteiger partial charge in [0, 0.05) is 12.7 Å². The SMILES string of the molecule is CCCCCCCOc1ccccc1/C=N/NC(=O)C(OC)c1ccccc1. The topological polar surface area (TPSA) is 59.9 Å². The molecule has 0 aliphatic rings. The molecule has 0 spiro atoms. The third-order valence-corrected chi connectivity index (χ3v) is 4.38. The molecule has 2 aromatic carbocycles. The lowest BCUT2D eigenvalue weighted by molar-refractivity contribution is -0.131. The molecule has 1 unspecified atom stereocenters. The molecule has 1 atom stereocenters. The molecule has 0 bridgehead atoms. The summed E-state index contributed by atoms with van der Waals surface area (Å²) in [5.74, 6) is 0.446. The molecule has 0 heterocycles. The van der Waals surface area contributed by atoms with Crippen LogP contribution in [0.15, 0.2) is 59.7 Å². The minimum atomic E-state index is -0.701. The van der Waals surface area contributed by atoms with E-state index in [-0.39, 0.29) is 5.91 Å². The summed E-state index contributed by atoms with van der Waals surface area (Å²) in [6.07, 6.45) is 6.87. The molecule has 0 aromatic heterocycles. The van der Waals surface area contributed by atoms with Gasteiger partial charge in [-0.2, -0.15) is 5.10 Å². The van der Waals surface area contributed by atoms with Gasteiger partial charge in [-0.1, -0.05) is 75.1 Å². The molecule has 2 rings (SSSR count). The predicted octanol–water partition coefficient (Wildman–Crippen LogP) is 4.87. The van der Waals surface area contributed by atoms with Crippen molar-refractivity contribution in [2.75, 3.05) is 13.7 Å². The second kappa shape index (κ2) is 12.7. The van der Waals surface area contributed by atoms with Crippen LogP contribution in [0.3, 0.4) is 0 Å². The van der Waals surface area contributed by atoms with Gasteiger partial charge in [0.15, 0.2) is 6.10 Å². The van der Waals surface area contributed by atoms with Crippen LogP contribution in [0.25, 0.3) is 0 Å². The number of nitrogens with one attached hydrogen (secondary N) is 1. The lowest BCUT2D eigenvalue weighted by Crippen LogP contribution is -2.26. The second-order valence-electron chi connectivity index (χ2n) is 6.56. The fourth-order valence-corrected chi connectivity index (χ4v) is 2.85. The minimum Gasteiger partial charge on any atom is -0.493 e. The highest BCUT2D eigenvalue weighted by atomic mass is 16.5. The molecule has 0 radical (unpaired) electrons. The molecule has 150 valence electrons. The summed E-state index contributed by atoms with van der Waals surface area (Å²) in [4.78, 5) is 12.4. The van der Waals surface area contributed by atoms with Gasteiger partial charge in [-0.3, -0.25) is 4.79 Å². The van der Waals surface area contributed by atoms with Crippen molar-refractivity contribution in [3.05, 3.63) is 65.7 Å². The maximum atomic E-state index is 12.4. The number of ether oxygens (including phenoxy) is 2. The molecule has 5 nitrogen and oxygen atoms in total. The molecule has 0 aliphatic carbocycles. The van der Waals surface area contributed by atoms with Crippen LogP contribution in [0.1, 0.15) is 56.3 Å². The zero-order valence-corrected chi connectivity index (χ0v) is 16.8. The average Bonchev–Trinajstić information content (AvgIpc) is 2.73. The smallest absolute Gasteiger partial charge is 0.273 e. The minimum absolute atomic E-state index is 0.320. The molecule has 2 aromatic rings. The first-order valence-electron chi connectivity index (χ1n) is 9.88. The van der Waals surface area contributed by atoms with Crippen molar-refractivity contribution in [2.24, 2.45) is 5.10 Å². The van der Waals surface area contributed by atoms with Crippen molar-refractivity contribution < 1.29 is 14.3 Å². The summed E-state index contributed by atoms with van der Waals surface area (Å²) in [6, 6.07) is 17.0. The summed E-state index contributed by atoms with van der Waals surface area (Å²) < 4.78 is 11.2. The number of nitrogens with zero attached hydrogens (tertiary/aromatic N) is 1. The maximum Gasteiger partial charge on any atom is 0.273 e. The summed E-state index contributed by atoms with van der Waals surface area (Å²) in [5, 5.41) is 4.08. The molecule has 0 saturated heterocycles. The van der Waals surface area contributed by atoms with Crippen LogP contribution in [-0.4, -0.2) is 25.8 Å². The van der Waals surface area contributed by atoms with Crippen LogP contribution in [0, 0.1) is 0 Å². The number of benzene rings is 2. The first-order chi connectivity index (χ1) is 13.8. The first kappa shape index (κ1) is 21.6. The number of unbranched alkanes of at least 4 members (excludes halogenated alkanes) is 4. The Morgan fingerprint density at radius 1 is 1.04 bits per heavy atom. The number of methoxy groups -OCH3 is 1. The van der Waals surface area contributed by atoms with Crippen LogP contribution in [0.5, 0.6) is 5.75 Å². The summed E-state index contributed by atoms with van der Waals surface area (Å²) in [6.45, 7) is 2.89. The molecule has 1 N–H and O–H groups in total. The summed E-state index contributed by atoms with van der Waals surface area (Å²) in [5.41, 5.74) is 4.15. The molecule has 0 saturated carbocycles. The van der Waals surface area contributed by atoms with E-state index in [0.717, 1.165) is 23.3 Å². The number of rotatable bonds is 12. The van der Waals surface area contributed by atoms with Crippen molar-refractivity contribution in [1.29, 1.82) is 0 Å². The van der Waals surface area contributed by atoms with Crippen LogP contribution in [0.2, 0.25) is 0 Å². The van der Waals surface area contributed by atoms with E-state index in [9.17, 15) is 4.79 Å². The Kier molecular flexibility index (Phi) is 9.80. The first-order valence-corrected chi connectivity index (χ1v) is 9.88. The highest BCUT2D eigenvalue weighted by Gasteiger charge is 2.19. The Balaban J connectivity index is 1.88. The summed E-state index contributed by atoms with van der Waals surface area (Å²) in [7, 11) is 1.50. The van der Waals surface area contributed by atoms with Crippen LogP contribution >= 0.6 is 0 Å². The van der Waals surface area contributed by atoms with E-state index in [1.54, 1.807) is 6.21 Å². The van der Waals surface area contributed by atoms with E-state index < -0.39 is 6.10 Å². The Morgan fingerprint density at radius 3 is 2.50 bits per heavy atom. The maximum absolute atomic E-state index is 12.4. The Hall–Kier alpha value is -2.66. The van der Waals surface area contributed by atoms with Gasteiger partial charge in [-0.15, -0.1) is 0 Å². The van der Waals surface area contributed by atoms with Gasteiger partial charge in [0.1, 0.15) is 5.75 Å². The van der Waals surface area contributed by atoms with Gasteiger partial charge in [-0.25, -0.2) is 5.43 Å². The van der Waals surface area contributed by atoms with E-state index >= 15 is 0 Å². The monoisotopic (exact) mass is 382 g/mol. The van der Waals surface area contributed by atoms with Crippen molar-refractivity contribution >= 4 is 12.1 Å². The van der Waals surface area contributed by atoms with Crippen molar-refractivity contribution in [1.82, 2.24) is 5.43 Å². The van der Waals surface area contributed by atoms with E-state index in [2.05, 4.69) is 17.5 Å². The lowest BCUT2D eigenvalue weighted by atomic mass is 10.1. The number of hydrogen-bond acceptors (Lipinski definition) is 4. The highest BCUT2D eigenvalue weighted by Crippen LogP contribution is 2.18. The van der Waals surface area contributed by atoms with Gasteiger partial charge >= 0.3 is 0 Å². The Bertz CT molecular complexity index is 732. The molecule has 28 heavy (non-hydrogen) atoms. The fraction of sp³-hybridized carbons (Fsp3) is 0.391. The van der Waals surface area contributed by atoms with Crippen LogP contribution in [-0.2, 0) is 9.53 Å². The van der Waals surface area contributed by atoms with Gasteiger partial charge in [0.05, 0.1) is 12.8 Å². The largest absolute Gasteiger partial charge is 0.493 e. The average molecular weight is 383 g/mol. The van der Waals surface area contributed by atoms with Gasteiger partial charge < -0.3 is 9.47 Å². The van der Waals surface area contributed by atoms with E-state index in [1.165, 1.54) is 32.8 Å². The van der Waals surface area contributed by atoms with Crippen LogP contribution < -0.4 is 10.2 Å². The number of carbonyl (C=O) groups excluding carboxylic acids is 1. The number of carbonyl (C=O) groups is 1. The normalized spacial score (nSPS) is 12.1. The third-order valence-electron chi connectivity index (χ3n) is 4.38. The van der Waals surface area contributed by atoms with Gasteiger partial charge in [-0.05, 0) is 24.1 Å². The number of amides is 1. The highest BCUT2D eigenvalue weighted by molar-refractivity contribution is 5.86. The number of hydrogen-bond donors (Lipinski definition) is 1. The van der Waals surface area contributed by atoms with E-state index in [1.807, 2.05) is 54.6 Å². The van der Waals surface area contributed by atoms with Gasteiger partial charge in [0.25, 0.3) is 5.91 Å². The molecule has 1 amide bonds.